The predicted molar refractivity (Wildman–Crippen MR) is 150 cm³/mol. The summed E-state index contributed by atoms with van der Waals surface area (Å²) in [5.74, 6) is 0.939. The molecule has 0 bridgehead atoms. The second-order valence-electron chi connectivity index (χ2n) is 11.1. The summed E-state index contributed by atoms with van der Waals surface area (Å²) in [5.41, 5.74) is 1.87. The summed E-state index contributed by atoms with van der Waals surface area (Å²) in [5, 5.41) is 3.52. The third-order valence-electron chi connectivity index (χ3n) is 8.79. The Labute approximate surface area is 232 Å². The summed E-state index contributed by atoms with van der Waals surface area (Å²) >= 11 is 0. The second-order valence-corrected chi connectivity index (χ2v) is 13.1. The lowest BCUT2D eigenvalue weighted by molar-refractivity contribution is -0.139. The largest absolute Gasteiger partial charge is 0.338 e. The van der Waals surface area contributed by atoms with Gasteiger partial charge < -0.3 is 10.2 Å². The minimum absolute atomic E-state index is 0. The first-order chi connectivity index (χ1) is 17.7. The van der Waals surface area contributed by atoms with Gasteiger partial charge in [-0.05, 0) is 62.5 Å². The molecule has 206 valence electrons. The molecule has 2 aromatic rings. The molecule has 3 aliphatic rings. The maximum atomic E-state index is 13.6. The Bertz CT molecular complexity index is 1240. The van der Waals surface area contributed by atoms with Crippen LogP contribution < -0.4 is 5.32 Å². The summed E-state index contributed by atoms with van der Waals surface area (Å²) < 4.78 is 23.5. The molecule has 1 spiro atoms. The molecule has 1 N–H and O–H groups in total. The molecule has 7 nitrogen and oxygen atoms in total. The predicted octanol–water partition coefficient (Wildman–Crippen LogP) is 3.29. The number of Topliss-reactive ketones (excluding diaryl/α,β-unsaturated/α-hetero) is 1. The number of piperidine rings is 1. The van der Waals surface area contributed by atoms with Crippen LogP contribution in [0.3, 0.4) is 0 Å². The molecule has 3 atom stereocenters. The van der Waals surface area contributed by atoms with Gasteiger partial charge in [-0.25, -0.2) is 8.42 Å². The van der Waals surface area contributed by atoms with Crippen molar-refractivity contribution in [1.29, 1.82) is 0 Å². The zero-order valence-corrected chi connectivity index (χ0v) is 23.8. The quantitative estimate of drug-likeness (QED) is 0.560. The zero-order chi connectivity index (χ0) is 26.2. The highest BCUT2D eigenvalue weighted by atomic mass is 35.5. The van der Waals surface area contributed by atoms with Crippen molar-refractivity contribution in [2.24, 2.45) is 11.3 Å². The van der Waals surface area contributed by atoms with Crippen LogP contribution in [0, 0.1) is 11.3 Å². The number of hydrogen-bond donors (Lipinski definition) is 1. The molecule has 0 aliphatic carbocycles. The molecule has 9 heteroatoms. The number of amides is 1. The molecule has 3 heterocycles. The first-order valence-electron chi connectivity index (χ1n) is 13.3. The standard InChI is InChI=1S/C29H37N3O4S.ClH/c1-21(33)27(26-19-30-18-25(26)23-6-4-3-5-7-23)31-15-12-29(13-16-31)14-17-32(28(29)34)20-22-8-10-24(11-9-22)37(2,35)36;/h3-11,25-27,30H,12-20H2,1-2H3;1H/t25-,26-,27?;/m1./s1. The van der Waals surface area contributed by atoms with Crippen molar-refractivity contribution in [1.82, 2.24) is 15.1 Å². The summed E-state index contributed by atoms with van der Waals surface area (Å²) in [4.78, 5) is 31.0. The van der Waals surface area contributed by atoms with Gasteiger partial charge in [-0.3, -0.25) is 14.5 Å². The van der Waals surface area contributed by atoms with Crippen molar-refractivity contribution < 1.29 is 18.0 Å². The number of likely N-dealkylation sites (tertiary alicyclic amines) is 2. The molecule has 1 unspecified atom stereocenters. The highest BCUT2D eigenvalue weighted by molar-refractivity contribution is 7.90. The van der Waals surface area contributed by atoms with E-state index in [1.54, 1.807) is 31.2 Å². The van der Waals surface area contributed by atoms with Gasteiger partial charge in [0, 0.05) is 44.3 Å². The number of hydrogen-bond acceptors (Lipinski definition) is 6. The molecule has 0 radical (unpaired) electrons. The van der Waals surface area contributed by atoms with Crippen LogP contribution in [-0.4, -0.2) is 74.9 Å². The lowest BCUT2D eigenvalue weighted by Crippen LogP contribution is -2.53. The zero-order valence-electron chi connectivity index (χ0n) is 22.1. The summed E-state index contributed by atoms with van der Waals surface area (Å²) in [6, 6.07) is 17.2. The van der Waals surface area contributed by atoms with Crippen LogP contribution in [0.25, 0.3) is 0 Å². The van der Waals surface area contributed by atoms with E-state index in [0.717, 1.165) is 51.0 Å². The number of benzene rings is 2. The maximum absolute atomic E-state index is 13.6. The first kappa shape index (κ1) is 28.7. The van der Waals surface area contributed by atoms with E-state index in [-0.39, 0.29) is 41.5 Å². The topological polar surface area (TPSA) is 86.8 Å². The Morgan fingerprint density at radius 2 is 1.63 bits per heavy atom. The summed E-state index contributed by atoms with van der Waals surface area (Å²) in [6.45, 7) is 6.15. The number of carbonyl (C=O) groups is 2. The highest BCUT2D eigenvalue weighted by Crippen LogP contribution is 2.44. The maximum Gasteiger partial charge on any atom is 0.229 e. The van der Waals surface area contributed by atoms with Gasteiger partial charge >= 0.3 is 0 Å². The average molecular weight is 560 g/mol. The Morgan fingerprint density at radius 1 is 1.00 bits per heavy atom. The van der Waals surface area contributed by atoms with Crippen molar-refractivity contribution in [2.75, 3.05) is 39.0 Å². The lowest BCUT2D eigenvalue weighted by Gasteiger charge is -2.43. The third kappa shape index (κ3) is 5.69. The minimum atomic E-state index is -3.24. The fourth-order valence-electron chi connectivity index (χ4n) is 6.73. The van der Waals surface area contributed by atoms with Crippen LogP contribution in [0.1, 0.15) is 43.2 Å². The summed E-state index contributed by atoms with van der Waals surface area (Å²) in [6.07, 6.45) is 3.58. The smallest absolute Gasteiger partial charge is 0.229 e. The van der Waals surface area contributed by atoms with E-state index >= 15 is 0 Å². The fraction of sp³-hybridized carbons (Fsp3) is 0.517. The Hall–Kier alpha value is -2.26. The molecule has 0 aromatic heterocycles. The van der Waals surface area contributed by atoms with Crippen LogP contribution in [0.15, 0.2) is 59.5 Å². The van der Waals surface area contributed by atoms with E-state index in [0.29, 0.717) is 23.9 Å². The van der Waals surface area contributed by atoms with E-state index in [4.69, 9.17) is 0 Å². The SMILES string of the molecule is CC(=O)C([C@@H]1CNC[C@@H]1c1ccccc1)N1CCC2(CCN(Cc3ccc(S(C)(=O)=O)cc3)C2=O)CC1.Cl. The van der Waals surface area contributed by atoms with Crippen LogP contribution in [-0.2, 0) is 26.0 Å². The number of rotatable bonds is 7. The molecule has 3 saturated heterocycles. The van der Waals surface area contributed by atoms with E-state index < -0.39 is 9.84 Å². The normalized spacial score (nSPS) is 24.4. The number of nitrogens with zero attached hydrogens (tertiary/aromatic N) is 2. The monoisotopic (exact) mass is 559 g/mol. The van der Waals surface area contributed by atoms with Crippen molar-refractivity contribution in [2.45, 2.75) is 49.6 Å². The fourth-order valence-corrected chi connectivity index (χ4v) is 7.36. The molecule has 3 aliphatic heterocycles. The molecular weight excluding hydrogens is 522 g/mol. The first-order valence-corrected chi connectivity index (χ1v) is 15.2. The lowest BCUT2D eigenvalue weighted by atomic mass is 9.75. The van der Waals surface area contributed by atoms with Crippen LogP contribution in [0.5, 0.6) is 0 Å². The molecule has 1 amide bonds. The number of carbonyl (C=O) groups excluding carboxylic acids is 2. The van der Waals surface area contributed by atoms with Gasteiger partial charge in [-0.1, -0.05) is 42.5 Å². The van der Waals surface area contributed by atoms with Crippen LogP contribution in [0.2, 0.25) is 0 Å². The molecule has 5 rings (SSSR count). The van der Waals surface area contributed by atoms with Gasteiger partial charge in [-0.2, -0.15) is 0 Å². The van der Waals surface area contributed by atoms with Gasteiger partial charge in [0.05, 0.1) is 16.4 Å². The van der Waals surface area contributed by atoms with E-state index in [2.05, 4.69) is 34.5 Å². The van der Waals surface area contributed by atoms with Gasteiger partial charge in [0.2, 0.25) is 5.91 Å². The third-order valence-corrected chi connectivity index (χ3v) is 9.91. The number of sulfone groups is 1. The van der Waals surface area contributed by atoms with Gasteiger partial charge in [-0.15, -0.1) is 12.4 Å². The Morgan fingerprint density at radius 3 is 2.24 bits per heavy atom. The van der Waals surface area contributed by atoms with Crippen molar-refractivity contribution in [3.8, 4) is 0 Å². The van der Waals surface area contributed by atoms with Gasteiger partial charge in [0.25, 0.3) is 0 Å². The number of halogens is 1. The Kier molecular flexibility index (Phi) is 8.67. The van der Waals surface area contributed by atoms with E-state index in [9.17, 15) is 18.0 Å². The van der Waals surface area contributed by atoms with Crippen LogP contribution in [0.4, 0.5) is 0 Å². The van der Waals surface area contributed by atoms with Gasteiger partial charge in [0.1, 0.15) is 5.78 Å². The highest BCUT2D eigenvalue weighted by Gasteiger charge is 2.50. The second kappa shape index (κ2) is 11.5. The van der Waals surface area contributed by atoms with Crippen molar-refractivity contribution >= 4 is 33.9 Å². The number of nitrogens with one attached hydrogen (secondary N) is 1. The minimum Gasteiger partial charge on any atom is -0.338 e. The van der Waals surface area contributed by atoms with Crippen molar-refractivity contribution in [3.05, 3.63) is 65.7 Å². The van der Waals surface area contributed by atoms with Gasteiger partial charge in [0.15, 0.2) is 9.84 Å². The summed E-state index contributed by atoms with van der Waals surface area (Å²) in [7, 11) is -3.24. The molecule has 0 saturated carbocycles. The average Bonchev–Trinajstić information content (AvgIpc) is 3.47. The molecular formula is C29H38ClN3O4S. The van der Waals surface area contributed by atoms with Crippen LogP contribution >= 0.6 is 12.4 Å². The molecule has 38 heavy (non-hydrogen) atoms. The Balaban J connectivity index is 0.00000336. The van der Waals surface area contributed by atoms with Crippen molar-refractivity contribution in [3.63, 3.8) is 0 Å². The molecule has 3 fully saturated rings. The van der Waals surface area contributed by atoms with E-state index in [1.165, 1.54) is 11.8 Å². The van der Waals surface area contributed by atoms with E-state index in [1.807, 2.05) is 11.0 Å². The molecule has 2 aromatic carbocycles. The number of ketones is 1.